The van der Waals surface area contributed by atoms with Crippen molar-refractivity contribution in [2.75, 3.05) is 10.5 Å². The Bertz CT molecular complexity index is 1060. The van der Waals surface area contributed by atoms with Gasteiger partial charge in [-0.2, -0.15) is 0 Å². The van der Waals surface area contributed by atoms with Crippen LogP contribution in [0.1, 0.15) is 31.9 Å². The van der Waals surface area contributed by atoms with Crippen LogP contribution in [0.2, 0.25) is 0 Å². The van der Waals surface area contributed by atoms with Crippen molar-refractivity contribution in [3.8, 4) is 5.75 Å². The molecule has 0 bridgehead atoms. The van der Waals surface area contributed by atoms with Crippen LogP contribution in [0.4, 0.5) is 5.69 Å². The predicted molar refractivity (Wildman–Crippen MR) is 110 cm³/mol. The van der Waals surface area contributed by atoms with Crippen molar-refractivity contribution in [1.29, 1.82) is 0 Å². The van der Waals surface area contributed by atoms with Crippen molar-refractivity contribution in [2.45, 2.75) is 44.6 Å². The standard InChI is InChI=1S/C19H26N2O5S2/c1-14-9-10-15(17(22)13-14)11-12-27(23,24)20-16-7-5-6-8-18(16)28(25,26)21-19(2,3)4/h5-10,13,20-22H,11-12H2,1-4H3. The summed E-state index contributed by atoms with van der Waals surface area (Å²) in [5.41, 5.74) is 0.639. The molecule has 0 atom stereocenters. The number of anilines is 1. The van der Waals surface area contributed by atoms with E-state index in [2.05, 4.69) is 9.44 Å². The Morgan fingerprint density at radius 3 is 2.25 bits per heavy atom. The summed E-state index contributed by atoms with van der Waals surface area (Å²) in [6.07, 6.45) is 0.0939. The van der Waals surface area contributed by atoms with E-state index in [1.54, 1.807) is 45.0 Å². The molecule has 28 heavy (non-hydrogen) atoms. The lowest BCUT2D eigenvalue weighted by Gasteiger charge is -2.21. The summed E-state index contributed by atoms with van der Waals surface area (Å²) in [7, 11) is -7.76. The summed E-state index contributed by atoms with van der Waals surface area (Å²) < 4.78 is 55.1. The monoisotopic (exact) mass is 426 g/mol. The normalized spacial score (nSPS) is 12.7. The lowest BCUT2D eigenvalue weighted by molar-refractivity contribution is 0.468. The highest BCUT2D eigenvalue weighted by atomic mass is 32.2. The molecule has 0 unspecified atom stereocenters. The lowest BCUT2D eigenvalue weighted by atomic mass is 10.1. The van der Waals surface area contributed by atoms with Crippen LogP contribution < -0.4 is 9.44 Å². The van der Waals surface area contributed by atoms with Crippen LogP contribution in [0, 0.1) is 6.92 Å². The van der Waals surface area contributed by atoms with Gasteiger partial charge >= 0.3 is 0 Å². The van der Waals surface area contributed by atoms with Gasteiger partial charge in [0.15, 0.2) is 0 Å². The van der Waals surface area contributed by atoms with E-state index in [1.807, 2.05) is 6.92 Å². The summed E-state index contributed by atoms with van der Waals surface area (Å²) >= 11 is 0. The zero-order valence-electron chi connectivity index (χ0n) is 16.4. The third kappa shape index (κ3) is 6.22. The first kappa shape index (κ1) is 22.2. The molecule has 0 saturated heterocycles. The molecule has 2 rings (SSSR count). The molecular formula is C19H26N2O5S2. The number of benzene rings is 2. The maximum Gasteiger partial charge on any atom is 0.243 e. The fourth-order valence-electron chi connectivity index (χ4n) is 2.59. The maximum atomic E-state index is 12.6. The van der Waals surface area contributed by atoms with Gasteiger partial charge in [0.1, 0.15) is 10.6 Å². The quantitative estimate of drug-likeness (QED) is 0.630. The zero-order valence-corrected chi connectivity index (χ0v) is 18.0. The van der Waals surface area contributed by atoms with E-state index in [4.69, 9.17) is 0 Å². The first-order valence-corrected chi connectivity index (χ1v) is 11.8. The van der Waals surface area contributed by atoms with Crippen LogP contribution in [0.5, 0.6) is 5.75 Å². The maximum absolute atomic E-state index is 12.6. The second-order valence-electron chi connectivity index (χ2n) is 7.65. The van der Waals surface area contributed by atoms with Crippen LogP contribution >= 0.6 is 0 Å². The van der Waals surface area contributed by atoms with Crippen LogP contribution in [-0.4, -0.2) is 33.2 Å². The Hall–Kier alpha value is -2.10. The minimum Gasteiger partial charge on any atom is -0.508 e. The number of nitrogens with one attached hydrogen (secondary N) is 2. The lowest BCUT2D eigenvalue weighted by Crippen LogP contribution is -2.40. The van der Waals surface area contributed by atoms with Crippen molar-refractivity contribution >= 4 is 25.7 Å². The SMILES string of the molecule is Cc1ccc(CCS(=O)(=O)Nc2ccccc2S(=O)(=O)NC(C)(C)C)c(O)c1. The van der Waals surface area contributed by atoms with E-state index in [-0.39, 0.29) is 28.5 Å². The summed E-state index contributed by atoms with van der Waals surface area (Å²) in [5.74, 6) is -0.266. The minimum atomic E-state index is -3.92. The molecule has 2 aromatic rings. The second-order valence-corrected chi connectivity index (χ2v) is 11.1. The molecule has 0 amide bonds. The van der Waals surface area contributed by atoms with Gasteiger partial charge in [-0.05, 0) is 63.4 Å². The molecule has 2 aromatic carbocycles. The highest BCUT2D eigenvalue weighted by Gasteiger charge is 2.26. The molecule has 7 nitrogen and oxygen atoms in total. The third-order valence-corrected chi connectivity index (χ3v) is 6.85. The third-order valence-electron chi connectivity index (χ3n) is 3.76. The molecule has 0 radical (unpaired) electrons. The average Bonchev–Trinajstić information content (AvgIpc) is 2.51. The number of aryl methyl sites for hydroxylation is 2. The Morgan fingerprint density at radius 2 is 1.64 bits per heavy atom. The molecule has 0 saturated carbocycles. The molecule has 0 aliphatic heterocycles. The molecule has 0 heterocycles. The van der Waals surface area contributed by atoms with Gasteiger partial charge in [-0.15, -0.1) is 0 Å². The van der Waals surface area contributed by atoms with Crippen molar-refractivity contribution in [3.05, 3.63) is 53.6 Å². The van der Waals surface area contributed by atoms with Gasteiger partial charge in [-0.1, -0.05) is 24.3 Å². The van der Waals surface area contributed by atoms with E-state index in [0.717, 1.165) is 5.56 Å². The topological polar surface area (TPSA) is 113 Å². The van der Waals surface area contributed by atoms with E-state index in [0.29, 0.717) is 5.56 Å². The Balaban J connectivity index is 2.23. The van der Waals surface area contributed by atoms with E-state index in [1.165, 1.54) is 18.2 Å². The number of rotatable bonds is 7. The predicted octanol–water partition coefficient (Wildman–Crippen LogP) is 2.76. The van der Waals surface area contributed by atoms with Gasteiger partial charge in [-0.25, -0.2) is 21.6 Å². The van der Waals surface area contributed by atoms with Crippen LogP contribution in [0.3, 0.4) is 0 Å². The summed E-state index contributed by atoms with van der Waals surface area (Å²) in [6, 6.07) is 10.9. The van der Waals surface area contributed by atoms with Gasteiger partial charge in [0.25, 0.3) is 0 Å². The molecular weight excluding hydrogens is 400 g/mol. The second kappa shape index (κ2) is 8.10. The molecule has 0 spiro atoms. The Kier molecular flexibility index (Phi) is 6.42. The fraction of sp³-hybridized carbons (Fsp3) is 0.368. The van der Waals surface area contributed by atoms with Crippen molar-refractivity contribution < 1.29 is 21.9 Å². The number of para-hydroxylation sites is 1. The van der Waals surface area contributed by atoms with E-state index in [9.17, 15) is 21.9 Å². The summed E-state index contributed by atoms with van der Waals surface area (Å²) in [6.45, 7) is 6.92. The first-order chi connectivity index (χ1) is 12.8. The molecule has 3 N–H and O–H groups in total. The van der Waals surface area contributed by atoms with Gasteiger partial charge in [0.05, 0.1) is 11.4 Å². The van der Waals surface area contributed by atoms with E-state index >= 15 is 0 Å². The van der Waals surface area contributed by atoms with Crippen molar-refractivity contribution in [2.24, 2.45) is 0 Å². The van der Waals surface area contributed by atoms with Crippen LogP contribution in [0.25, 0.3) is 0 Å². The van der Waals surface area contributed by atoms with Gasteiger partial charge in [0, 0.05) is 5.54 Å². The Labute approximate surface area is 166 Å². The molecule has 154 valence electrons. The minimum absolute atomic E-state index is 0.0209. The zero-order chi connectivity index (χ0) is 21.2. The number of aromatic hydroxyl groups is 1. The van der Waals surface area contributed by atoms with Gasteiger partial charge < -0.3 is 5.11 Å². The van der Waals surface area contributed by atoms with Gasteiger partial charge in [-0.3, -0.25) is 4.72 Å². The molecule has 9 heteroatoms. The average molecular weight is 427 g/mol. The smallest absolute Gasteiger partial charge is 0.243 e. The molecule has 0 aliphatic rings. The molecule has 0 aromatic heterocycles. The highest BCUT2D eigenvalue weighted by molar-refractivity contribution is 7.93. The first-order valence-electron chi connectivity index (χ1n) is 8.71. The van der Waals surface area contributed by atoms with E-state index < -0.39 is 25.6 Å². The van der Waals surface area contributed by atoms with Gasteiger partial charge in [0.2, 0.25) is 20.0 Å². The van der Waals surface area contributed by atoms with Crippen LogP contribution in [0.15, 0.2) is 47.4 Å². The summed E-state index contributed by atoms with van der Waals surface area (Å²) in [4.78, 5) is -0.147. The number of hydrogen-bond donors (Lipinski definition) is 3. The largest absolute Gasteiger partial charge is 0.508 e. The molecule has 0 aliphatic carbocycles. The summed E-state index contributed by atoms with van der Waals surface area (Å²) in [5, 5.41) is 9.93. The van der Waals surface area contributed by atoms with Crippen molar-refractivity contribution in [3.63, 3.8) is 0 Å². The Morgan fingerprint density at radius 1 is 1.00 bits per heavy atom. The van der Waals surface area contributed by atoms with Crippen LogP contribution in [-0.2, 0) is 26.5 Å². The number of sulfonamides is 2. The number of hydrogen-bond acceptors (Lipinski definition) is 5. The number of phenolic OH excluding ortho intramolecular Hbond substituents is 1. The highest BCUT2D eigenvalue weighted by Crippen LogP contribution is 2.24. The molecule has 0 fully saturated rings. The fourth-order valence-corrected chi connectivity index (χ4v) is 5.34. The van der Waals surface area contributed by atoms with Crippen molar-refractivity contribution in [1.82, 2.24) is 4.72 Å². The number of phenols is 1.